The fourth-order valence-electron chi connectivity index (χ4n) is 0.418. The van der Waals surface area contributed by atoms with E-state index in [2.05, 4.69) is 0 Å². The van der Waals surface area contributed by atoms with Crippen LogP contribution < -0.4 is 5.73 Å². The van der Waals surface area contributed by atoms with Crippen LogP contribution in [0.4, 0.5) is 0 Å². The zero-order valence-electron chi connectivity index (χ0n) is 7.68. The predicted molar refractivity (Wildman–Crippen MR) is 44.1 cm³/mol. The van der Waals surface area contributed by atoms with Gasteiger partial charge in [-0.2, -0.15) is 0 Å². The van der Waals surface area contributed by atoms with E-state index in [-0.39, 0.29) is 12.1 Å². The number of hydrogen-bond donors (Lipinski definition) is 1. The summed E-state index contributed by atoms with van der Waals surface area (Å²) in [5.41, 5.74) is 4.64. The number of rotatable bonds is 3. The van der Waals surface area contributed by atoms with Gasteiger partial charge in [-0.15, -0.1) is 0 Å². The van der Waals surface area contributed by atoms with E-state index in [4.69, 9.17) is 10.5 Å². The van der Waals surface area contributed by atoms with Gasteiger partial charge in [0.05, 0.1) is 6.10 Å². The average Bonchev–Trinajstić information content (AvgIpc) is 1.85. The first kappa shape index (κ1) is 10.4. The van der Waals surface area contributed by atoms with Crippen LogP contribution in [0, 0.1) is 0 Å². The van der Waals surface area contributed by atoms with Crippen LogP contribution in [0.1, 0.15) is 34.1 Å². The summed E-state index contributed by atoms with van der Waals surface area (Å²) in [7, 11) is 0. The van der Waals surface area contributed by atoms with Crippen molar-refractivity contribution >= 4 is 5.97 Å². The number of nitrogens with two attached hydrogens (primary N) is 1. The van der Waals surface area contributed by atoms with Crippen LogP contribution in [0.15, 0.2) is 0 Å². The summed E-state index contributed by atoms with van der Waals surface area (Å²) in [6.45, 7) is 7.08. The molecule has 1 atom stereocenters. The molecule has 0 aromatic heterocycles. The second kappa shape index (κ2) is 3.72. The van der Waals surface area contributed by atoms with E-state index in [1.807, 2.05) is 13.8 Å². The quantitative estimate of drug-likeness (QED) is 0.626. The maximum Gasteiger partial charge on any atom is 0.325 e. The average molecular weight is 159 g/mol. The molecule has 66 valence electrons. The highest BCUT2D eigenvalue weighted by molar-refractivity contribution is 5.79. The monoisotopic (exact) mass is 159 g/mol. The minimum atomic E-state index is -0.872. The summed E-state index contributed by atoms with van der Waals surface area (Å²) in [5.74, 6) is -0.341. The molecule has 2 N–H and O–H groups in total. The molecule has 0 aliphatic heterocycles. The van der Waals surface area contributed by atoms with Gasteiger partial charge in [-0.1, -0.05) is 6.92 Å². The van der Waals surface area contributed by atoms with Crippen LogP contribution in [0.5, 0.6) is 0 Å². The van der Waals surface area contributed by atoms with E-state index in [1.165, 1.54) is 0 Å². The van der Waals surface area contributed by atoms with E-state index in [9.17, 15) is 4.79 Å². The van der Waals surface area contributed by atoms with Crippen molar-refractivity contribution in [3.05, 3.63) is 0 Å². The molecule has 0 fully saturated rings. The molecule has 0 bridgehead atoms. The third-order valence-corrected chi connectivity index (χ3v) is 1.41. The maximum absolute atomic E-state index is 11.1. The number of esters is 1. The van der Waals surface area contributed by atoms with Crippen molar-refractivity contribution in [2.45, 2.75) is 45.8 Å². The van der Waals surface area contributed by atoms with E-state index >= 15 is 0 Å². The minimum absolute atomic E-state index is 0.0367. The summed E-state index contributed by atoms with van der Waals surface area (Å²) in [6.07, 6.45) is 0.785. The standard InChI is InChI=1S/C8H17NO2/c1-5-6(2)11-7(10)8(3,4)9/h6H,5,9H2,1-4H3/t6-/m1/s1. The third-order valence-electron chi connectivity index (χ3n) is 1.41. The summed E-state index contributed by atoms with van der Waals surface area (Å²) < 4.78 is 5.00. The van der Waals surface area contributed by atoms with E-state index in [0.717, 1.165) is 6.42 Å². The molecule has 0 unspecified atom stereocenters. The first-order valence-corrected chi connectivity index (χ1v) is 3.88. The van der Waals surface area contributed by atoms with Gasteiger partial charge in [-0.05, 0) is 27.2 Å². The molecule has 0 aliphatic rings. The van der Waals surface area contributed by atoms with Crippen LogP contribution in [0.3, 0.4) is 0 Å². The van der Waals surface area contributed by atoms with Gasteiger partial charge in [0.2, 0.25) is 0 Å². The highest BCUT2D eigenvalue weighted by Gasteiger charge is 2.24. The number of carbonyl (C=O) groups excluding carboxylic acids is 1. The maximum atomic E-state index is 11.1. The molecule has 0 saturated carbocycles. The van der Waals surface area contributed by atoms with Crippen molar-refractivity contribution in [1.29, 1.82) is 0 Å². The fraction of sp³-hybridized carbons (Fsp3) is 0.875. The Bertz CT molecular complexity index is 138. The predicted octanol–water partition coefficient (Wildman–Crippen LogP) is 1.07. The molecule has 0 aromatic rings. The lowest BCUT2D eigenvalue weighted by molar-refractivity contribution is -0.153. The van der Waals surface area contributed by atoms with Crippen molar-refractivity contribution in [3.63, 3.8) is 0 Å². The van der Waals surface area contributed by atoms with Crippen LogP contribution in [-0.2, 0) is 9.53 Å². The van der Waals surface area contributed by atoms with E-state index in [0.29, 0.717) is 0 Å². The van der Waals surface area contributed by atoms with E-state index in [1.54, 1.807) is 13.8 Å². The molecule has 0 aromatic carbocycles. The lowest BCUT2D eigenvalue weighted by Gasteiger charge is -2.19. The molecule has 0 spiro atoms. The first-order chi connectivity index (χ1) is 4.88. The van der Waals surface area contributed by atoms with Gasteiger partial charge in [0.1, 0.15) is 5.54 Å². The largest absolute Gasteiger partial charge is 0.461 e. The molecule has 3 heteroatoms. The lowest BCUT2D eigenvalue weighted by Crippen LogP contribution is -2.44. The molecule has 0 amide bonds. The smallest absolute Gasteiger partial charge is 0.325 e. The van der Waals surface area contributed by atoms with Crippen LogP contribution in [0.2, 0.25) is 0 Å². The summed E-state index contributed by atoms with van der Waals surface area (Å²) in [4.78, 5) is 11.1. The Labute approximate surface area is 67.9 Å². The first-order valence-electron chi connectivity index (χ1n) is 3.88. The van der Waals surface area contributed by atoms with Gasteiger partial charge in [0.15, 0.2) is 0 Å². The van der Waals surface area contributed by atoms with Crippen molar-refractivity contribution in [1.82, 2.24) is 0 Å². The zero-order valence-corrected chi connectivity index (χ0v) is 7.68. The van der Waals surface area contributed by atoms with Gasteiger partial charge in [-0.25, -0.2) is 0 Å². The molecular formula is C8H17NO2. The summed E-state index contributed by atoms with van der Waals surface area (Å²) >= 11 is 0. The minimum Gasteiger partial charge on any atom is -0.461 e. The molecule has 0 radical (unpaired) electrons. The normalized spacial score (nSPS) is 14.3. The van der Waals surface area contributed by atoms with Gasteiger partial charge in [0.25, 0.3) is 0 Å². The molecule has 0 saturated heterocycles. The van der Waals surface area contributed by atoms with Crippen molar-refractivity contribution in [3.8, 4) is 0 Å². The molecular weight excluding hydrogens is 142 g/mol. The van der Waals surface area contributed by atoms with Gasteiger partial charge in [0, 0.05) is 0 Å². The second-order valence-electron chi connectivity index (χ2n) is 3.35. The van der Waals surface area contributed by atoms with Crippen LogP contribution in [0.25, 0.3) is 0 Å². The Balaban J connectivity index is 3.88. The Morgan fingerprint density at radius 3 is 2.36 bits per heavy atom. The fourth-order valence-corrected chi connectivity index (χ4v) is 0.418. The summed E-state index contributed by atoms with van der Waals surface area (Å²) in [5, 5.41) is 0. The molecule has 11 heavy (non-hydrogen) atoms. The topological polar surface area (TPSA) is 52.3 Å². The Morgan fingerprint density at radius 2 is 2.09 bits per heavy atom. The SMILES string of the molecule is CC[C@@H](C)OC(=O)C(C)(C)N. The molecule has 0 rings (SSSR count). The Hall–Kier alpha value is -0.570. The molecule has 0 aliphatic carbocycles. The highest BCUT2D eigenvalue weighted by Crippen LogP contribution is 2.04. The van der Waals surface area contributed by atoms with Gasteiger partial charge in [-0.3, -0.25) is 4.79 Å². The van der Waals surface area contributed by atoms with Crippen molar-refractivity contribution in [2.24, 2.45) is 5.73 Å². The molecule has 3 nitrogen and oxygen atoms in total. The Kier molecular flexibility index (Phi) is 3.52. The van der Waals surface area contributed by atoms with Crippen molar-refractivity contribution in [2.75, 3.05) is 0 Å². The number of ether oxygens (including phenoxy) is 1. The zero-order chi connectivity index (χ0) is 9.07. The lowest BCUT2D eigenvalue weighted by atomic mass is 10.1. The van der Waals surface area contributed by atoms with Gasteiger partial charge >= 0.3 is 5.97 Å². The number of hydrogen-bond acceptors (Lipinski definition) is 3. The van der Waals surface area contributed by atoms with Crippen LogP contribution in [-0.4, -0.2) is 17.6 Å². The van der Waals surface area contributed by atoms with Crippen molar-refractivity contribution < 1.29 is 9.53 Å². The number of carbonyl (C=O) groups is 1. The Morgan fingerprint density at radius 1 is 1.64 bits per heavy atom. The van der Waals surface area contributed by atoms with E-state index < -0.39 is 5.54 Å². The summed E-state index contributed by atoms with van der Waals surface area (Å²) in [6, 6.07) is 0. The second-order valence-corrected chi connectivity index (χ2v) is 3.35. The van der Waals surface area contributed by atoms with Crippen LogP contribution >= 0.6 is 0 Å². The van der Waals surface area contributed by atoms with Gasteiger partial charge < -0.3 is 10.5 Å². The highest BCUT2D eigenvalue weighted by atomic mass is 16.5. The molecule has 0 heterocycles. The third kappa shape index (κ3) is 3.98.